The van der Waals surface area contributed by atoms with Crippen molar-refractivity contribution in [2.24, 2.45) is 0 Å². The summed E-state index contributed by atoms with van der Waals surface area (Å²) >= 11 is 0. The number of aromatic nitrogens is 1. The molecule has 1 aliphatic rings. The molecule has 0 bridgehead atoms. The average Bonchev–Trinajstić information content (AvgIpc) is 3.18. The number of morpholine rings is 1. The Balaban J connectivity index is 1.52. The van der Waals surface area contributed by atoms with Crippen molar-refractivity contribution in [3.8, 4) is 0 Å². The van der Waals surface area contributed by atoms with Gasteiger partial charge in [-0.3, -0.25) is 14.6 Å². The summed E-state index contributed by atoms with van der Waals surface area (Å²) in [4.78, 5) is 21.3. The smallest absolute Gasteiger partial charge is 0.273 e. The number of ether oxygens (including phenoxy) is 1. The quantitative estimate of drug-likeness (QED) is 0.697. The minimum Gasteiger partial charge on any atom is -0.447 e. The summed E-state index contributed by atoms with van der Waals surface area (Å²) < 4.78 is 10.9. The van der Waals surface area contributed by atoms with E-state index in [1.54, 1.807) is 0 Å². The summed E-state index contributed by atoms with van der Waals surface area (Å²) in [5, 5.41) is 2.93. The molecular weight excluding hydrogens is 368 g/mol. The molecule has 0 saturated carbocycles. The SMILES string of the molecule is Cc1ccccc1CN(Cc1nc(C(=O)NCCN2CCOCC2)co1)C(C)C. The number of hydrogen-bond acceptors (Lipinski definition) is 6. The fourth-order valence-corrected chi connectivity index (χ4v) is 3.33. The Kier molecular flexibility index (Phi) is 7.80. The Hall–Kier alpha value is -2.22. The molecule has 1 N–H and O–H groups in total. The van der Waals surface area contributed by atoms with Gasteiger partial charge in [0.2, 0.25) is 5.89 Å². The van der Waals surface area contributed by atoms with E-state index in [1.165, 1.54) is 17.4 Å². The fraction of sp³-hybridized carbons (Fsp3) is 0.545. The molecule has 0 radical (unpaired) electrons. The van der Waals surface area contributed by atoms with Crippen LogP contribution in [0.25, 0.3) is 0 Å². The highest BCUT2D eigenvalue weighted by Crippen LogP contribution is 2.16. The molecule has 7 heteroatoms. The van der Waals surface area contributed by atoms with Crippen LogP contribution in [0.4, 0.5) is 0 Å². The predicted molar refractivity (Wildman–Crippen MR) is 112 cm³/mol. The lowest BCUT2D eigenvalue weighted by molar-refractivity contribution is 0.0383. The zero-order valence-electron chi connectivity index (χ0n) is 17.7. The molecule has 1 aliphatic heterocycles. The highest BCUT2D eigenvalue weighted by atomic mass is 16.5. The van der Waals surface area contributed by atoms with Crippen LogP contribution in [0.15, 0.2) is 34.9 Å². The van der Waals surface area contributed by atoms with Crippen molar-refractivity contribution >= 4 is 5.91 Å². The predicted octanol–water partition coefficient (Wildman–Crippen LogP) is 2.46. The molecule has 3 rings (SSSR count). The minimum atomic E-state index is -0.191. The number of benzene rings is 1. The molecule has 1 fully saturated rings. The second-order valence-electron chi connectivity index (χ2n) is 7.76. The van der Waals surface area contributed by atoms with E-state index in [-0.39, 0.29) is 5.91 Å². The Morgan fingerprint density at radius 3 is 2.72 bits per heavy atom. The van der Waals surface area contributed by atoms with Gasteiger partial charge in [-0.2, -0.15) is 0 Å². The molecule has 29 heavy (non-hydrogen) atoms. The molecule has 0 unspecified atom stereocenters. The van der Waals surface area contributed by atoms with E-state index >= 15 is 0 Å². The van der Waals surface area contributed by atoms with Crippen LogP contribution >= 0.6 is 0 Å². The first kappa shape index (κ1) is 21.5. The first-order valence-corrected chi connectivity index (χ1v) is 10.3. The second kappa shape index (κ2) is 10.5. The van der Waals surface area contributed by atoms with Crippen LogP contribution in [0.2, 0.25) is 0 Å². The van der Waals surface area contributed by atoms with E-state index in [0.717, 1.165) is 39.4 Å². The normalized spacial score (nSPS) is 15.2. The molecule has 2 aromatic rings. The molecule has 0 atom stereocenters. The maximum atomic E-state index is 12.4. The van der Waals surface area contributed by atoms with Crippen molar-refractivity contribution in [2.75, 3.05) is 39.4 Å². The van der Waals surface area contributed by atoms with E-state index in [4.69, 9.17) is 9.15 Å². The number of aryl methyl sites for hydroxylation is 1. The van der Waals surface area contributed by atoms with Crippen molar-refractivity contribution < 1.29 is 13.9 Å². The van der Waals surface area contributed by atoms with Gasteiger partial charge in [-0.25, -0.2) is 4.98 Å². The van der Waals surface area contributed by atoms with Crippen LogP contribution in [-0.4, -0.2) is 66.1 Å². The molecule has 1 saturated heterocycles. The third-order valence-electron chi connectivity index (χ3n) is 5.31. The highest BCUT2D eigenvalue weighted by molar-refractivity contribution is 5.91. The van der Waals surface area contributed by atoms with Crippen molar-refractivity contribution in [3.05, 3.63) is 53.2 Å². The van der Waals surface area contributed by atoms with Crippen LogP contribution in [0.5, 0.6) is 0 Å². The monoisotopic (exact) mass is 400 g/mol. The van der Waals surface area contributed by atoms with Gasteiger partial charge in [0.15, 0.2) is 5.69 Å². The number of carbonyl (C=O) groups excluding carboxylic acids is 1. The average molecular weight is 401 g/mol. The first-order chi connectivity index (χ1) is 14.0. The third kappa shape index (κ3) is 6.39. The Morgan fingerprint density at radius 2 is 2.00 bits per heavy atom. The lowest BCUT2D eigenvalue weighted by Gasteiger charge is -2.26. The molecular formula is C22H32N4O3. The summed E-state index contributed by atoms with van der Waals surface area (Å²) in [6, 6.07) is 8.71. The molecule has 0 aliphatic carbocycles. The van der Waals surface area contributed by atoms with Crippen LogP contribution in [0, 0.1) is 6.92 Å². The van der Waals surface area contributed by atoms with E-state index in [9.17, 15) is 4.79 Å². The minimum absolute atomic E-state index is 0.191. The van der Waals surface area contributed by atoms with Gasteiger partial charge in [0.1, 0.15) is 6.26 Å². The van der Waals surface area contributed by atoms with E-state index in [2.05, 4.69) is 65.1 Å². The van der Waals surface area contributed by atoms with Gasteiger partial charge in [0.25, 0.3) is 5.91 Å². The maximum absolute atomic E-state index is 12.4. The number of rotatable bonds is 9. The molecule has 158 valence electrons. The number of amides is 1. The molecule has 2 heterocycles. The van der Waals surface area contributed by atoms with Crippen LogP contribution in [0.1, 0.15) is 41.4 Å². The second-order valence-corrected chi connectivity index (χ2v) is 7.76. The fourth-order valence-electron chi connectivity index (χ4n) is 3.33. The number of carbonyl (C=O) groups is 1. The van der Waals surface area contributed by atoms with Gasteiger partial charge < -0.3 is 14.5 Å². The lowest BCUT2D eigenvalue weighted by Crippen LogP contribution is -2.41. The Bertz CT molecular complexity index is 784. The highest BCUT2D eigenvalue weighted by Gasteiger charge is 2.18. The van der Waals surface area contributed by atoms with Crippen molar-refractivity contribution in [2.45, 2.75) is 39.9 Å². The summed E-state index contributed by atoms with van der Waals surface area (Å²) in [5.74, 6) is 0.369. The standard InChI is InChI=1S/C22H32N4O3/c1-17(2)26(14-19-7-5-4-6-18(19)3)15-21-24-20(16-29-21)22(27)23-8-9-25-10-12-28-13-11-25/h4-7,16-17H,8-15H2,1-3H3,(H,23,27). The van der Waals surface area contributed by atoms with Crippen molar-refractivity contribution in [3.63, 3.8) is 0 Å². The number of oxazole rings is 1. The van der Waals surface area contributed by atoms with Crippen LogP contribution in [-0.2, 0) is 17.8 Å². The zero-order valence-corrected chi connectivity index (χ0v) is 17.7. The van der Waals surface area contributed by atoms with E-state index in [0.29, 0.717) is 30.7 Å². The van der Waals surface area contributed by atoms with E-state index < -0.39 is 0 Å². The van der Waals surface area contributed by atoms with Crippen molar-refractivity contribution in [1.82, 2.24) is 20.1 Å². The maximum Gasteiger partial charge on any atom is 0.273 e. The van der Waals surface area contributed by atoms with Crippen LogP contribution < -0.4 is 5.32 Å². The van der Waals surface area contributed by atoms with E-state index in [1.807, 2.05) is 0 Å². The number of nitrogens with one attached hydrogen (secondary N) is 1. The summed E-state index contributed by atoms with van der Waals surface area (Å²) in [6.45, 7) is 12.6. The first-order valence-electron chi connectivity index (χ1n) is 10.3. The van der Waals surface area contributed by atoms with Crippen LogP contribution in [0.3, 0.4) is 0 Å². The zero-order chi connectivity index (χ0) is 20.6. The molecule has 1 amide bonds. The number of hydrogen-bond donors (Lipinski definition) is 1. The Morgan fingerprint density at radius 1 is 1.24 bits per heavy atom. The van der Waals surface area contributed by atoms with Gasteiger partial charge in [-0.05, 0) is 31.9 Å². The topological polar surface area (TPSA) is 70.8 Å². The molecule has 1 aromatic heterocycles. The lowest BCUT2D eigenvalue weighted by atomic mass is 10.1. The largest absolute Gasteiger partial charge is 0.447 e. The van der Waals surface area contributed by atoms with Gasteiger partial charge in [-0.15, -0.1) is 0 Å². The van der Waals surface area contributed by atoms with Gasteiger partial charge >= 0.3 is 0 Å². The summed E-state index contributed by atoms with van der Waals surface area (Å²) in [5.41, 5.74) is 2.89. The van der Waals surface area contributed by atoms with Gasteiger partial charge in [0.05, 0.1) is 19.8 Å². The summed E-state index contributed by atoms with van der Waals surface area (Å²) in [7, 11) is 0. The van der Waals surface area contributed by atoms with Crippen molar-refractivity contribution in [1.29, 1.82) is 0 Å². The Labute approximate surface area is 173 Å². The third-order valence-corrected chi connectivity index (χ3v) is 5.31. The molecule has 1 aromatic carbocycles. The van der Waals surface area contributed by atoms with Gasteiger partial charge in [0, 0.05) is 38.8 Å². The number of nitrogens with zero attached hydrogens (tertiary/aromatic N) is 3. The summed E-state index contributed by atoms with van der Waals surface area (Å²) in [6.07, 6.45) is 1.45. The molecule has 0 spiro atoms. The molecule has 7 nitrogen and oxygen atoms in total. The van der Waals surface area contributed by atoms with Gasteiger partial charge in [-0.1, -0.05) is 24.3 Å².